The van der Waals surface area contributed by atoms with Crippen LogP contribution in [0.15, 0.2) is 0 Å². The molecule has 0 radical (unpaired) electrons. The zero-order chi connectivity index (χ0) is 9.94. The molecule has 0 aromatic heterocycles. The first-order valence-corrected chi connectivity index (χ1v) is 4.39. The molecule has 0 heterocycles. The number of hydrogen-bond donors (Lipinski definition) is 1. The van der Waals surface area contributed by atoms with E-state index < -0.39 is 6.48 Å². The highest BCUT2D eigenvalue weighted by Gasteiger charge is 2.07. The van der Waals surface area contributed by atoms with Crippen molar-refractivity contribution in [3.8, 4) is 0 Å². The molecule has 0 fully saturated rings. The fraction of sp³-hybridized carbons (Fsp3) is 1.00. The minimum absolute atomic E-state index is 0.428. The van der Waals surface area contributed by atoms with E-state index in [-0.39, 0.29) is 0 Å². The van der Waals surface area contributed by atoms with Crippen molar-refractivity contribution in [3.63, 3.8) is 0 Å². The Morgan fingerprint density at radius 1 is 1.08 bits per heavy atom. The Morgan fingerprint density at radius 3 is 2.31 bits per heavy atom. The van der Waals surface area contributed by atoms with E-state index in [2.05, 4.69) is 0 Å². The first-order chi connectivity index (χ1) is 6.35. The van der Waals surface area contributed by atoms with E-state index in [0.29, 0.717) is 33.0 Å². The molecule has 0 bridgehead atoms. The standard InChI is InChI=1S/C8H19NO4/c1-3-11-8(12-5-4-9)13-7-6-10-2/h8H,3-7,9H2,1-2H3. The average molecular weight is 193 g/mol. The van der Waals surface area contributed by atoms with Crippen molar-refractivity contribution < 1.29 is 18.9 Å². The summed E-state index contributed by atoms with van der Waals surface area (Å²) in [7, 11) is 1.61. The second-order valence-corrected chi connectivity index (χ2v) is 2.27. The molecule has 5 heteroatoms. The van der Waals surface area contributed by atoms with Gasteiger partial charge in [0, 0.05) is 20.3 Å². The molecule has 1 atom stereocenters. The quantitative estimate of drug-likeness (QED) is 0.411. The van der Waals surface area contributed by atoms with E-state index in [1.807, 2.05) is 6.92 Å². The van der Waals surface area contributed by atoms with Crippen molar-refractivity contribution in [1.29, 1.82) is 0 Å². The summed E-state index contributed by atoms with van der Waals surface area (Å²) in [5, 5.41) is 0. The highest BCUT2D eigenvalue weighted by molar-refractivity contribution is 4.33. The fourth-order valence-electron chi connectivity index (χ4n) is 0.672. The lowest BCUT2D eigenvalue weighted by atomic mass is 10.7. The van der Waals surface area contributed by atoms with Gasteiger partial charge >= 0.3 is 0 Å². The summed E-state index contributed by atoms with van der Waals surface area (Å²) >= 11 is 0. The van der Waals surface area contributed by atoms with Gasteiger partial charge in [-0.15, -0.1) is 0 Å². The molecule has 5 nitrogen and oxygen atoms in total. The van der Waals surface area contributed by atoms with Gasteiger partial charge in [-0.05, 0) is 6.92 Å². The van der Waals surface area contributed by atoms with Gasteiger partial charge in [0.05, 0.1) is 19.8 Å². The van der Waals surface area contributed by atoms with Crippen LogP contribution in [0.1, 0.15) is 6.92 Å². The molecule has 0 aromatic rings. The Balaban J connectivity index is 3.41. The smallest absolute Gasteiger partial charge is 0.271 e. The Hall–Kier alpha value is -0.200. The van der Waals surface area contributed by atoms with Crippen LogP contribution in [0.2, 0.25) is 0 Å². The molecule has 13 heavy (non-hydrogen) atoms. The molecule has 0 aliphatic rings. The van der Waals surface area contributed by atoms with Gasteiger partial charge in [0.15, 0.2) is 0 Å². The van der Waals surface area contributed by atoms with Crippen molar-refractivity contribution >= 4 is 0 Å². The topological polar surface area (TPSA) is 62.9 Å². The fourth-order valence-corrected chi connectivity index (χ4v) is 0.672. The van der Waals surface area contributed by atoms with E-state index in [4.69, 9.17) is 24.7 Å². The van der Waals surface area contributed by atoms with Crippen LogP contribution in [0, 0.1) is 0 Å². The molecular formula is C8H19NO4. The van der Waals surface area contributed by atoms with E-state index in [9.17, 15) is 0 Å². The maximum Gasteiger partial charge on any atom is 0.271 e. The minimum atomic E-state index is -0.622. The first kappa shape index (κ1) is 12.8. The molecule has 0 aliphatic carbocycles. The summed E-state index contributed by atoms with van der Waals surface area (Å²) in [6, 6.07) is 0. The summed E-state index contributed by atoms with van der Waals surface area (Å²) < 4.78 is 20.3. The second kappa shape index (κ2) is 9.88. The summed E-state index contributed by atoms with van der Waals surface area (Å²) in [5.41, 5.74) is 5.27. The van der Waals surface area contributed by atoms with Gasteiger partial charge in [-0.25, -0.2) is 0 Å². The molecule has 0 saturated heterocycles. The molecule has 1 unspecified atom stereocenters. The van der Waals surface area contributed by atoms with Crippen LogP contribution < -0.4 is 5.73 Å². The predicted octanol–water partition coefficient (Wildman–Crippen LogP) is -0.0552. The largest absolute Gasteiger partial charge is 0.382 e. The third-order valence-corrected chi connectivity index (χ3v) is 1.22. The number of rotatable bonds is 9. The van der Waals surface area contributed by atoms with Crippen LogP contribution in [0.5, 0.6) is 0 Å². The lowest BCUT2D eigenvalue weighted by Gasteiger charge is -2.17. The second-order valence-electron chi connectivity index (χ2n) is 2.27. The lowest BCUT2D eigenvalue weighted by molar-refractivity contribution is -0.287. The molecule has 0 rings (SSSR count). The summed E-state index contributed by atoms with van der Waals surface area (Å²) in [5.74, 6) is 0. The third-order valence-electron chi connectivity index (χ3n) is 1.22. The van der Waals surface area contributed by atoms with Gasteiger partial charge in [-0.3, -0.25) is 0 Å². The number of ether oxygens (including phenoxy) is 4. The summed E-state index contributed by atoms with van der Waals surface area (Å²) in [4.78, 5) is 0. The number of nitrogens with two attached hydrogens (primary N) is 1. The Labute approximate surface area is 79.1 Å². The number of hydrogen-bond acceptors (Lipinski definition) is 5. The maximum absolute atomic E-state index is 5.27. The van der Waals surface area contributed by atoms with Crippen LogP contribution >= 0.6 is 0 Å². The van der Waals surface area contributed by atoms with Crippen LogP contribution in [-0.2, 0) is 18.9 Å². The van der Waals surface area contributed by atoms with E-state index >= 15 is 0 Å². The lowest BCUT2D eigenvalue weighted by Crippen LogP contribution is -2.25. The SMILES string of the molecule is CCOC(OCCN)OCCOC. The molecule has 0 amide bonds. The summed E-state index contributed by atoms with van der Waals surface area (Å²) in [6.45, 7) is 3.65. The molecular weight excluding hydrogens is 174 g/mol. The van der Waals surface area contributed by atoms with Gasteiger partial charge in [-0.1, -0.05) is 0 Å². The minimum Gasteiger partial charge on any atom is -0.382 e. The Morgan fingerprint density at radius 2 is 1.77 bits per heavy atom. The van der Waals surface area contributed by atoms with Gasteiger partial charge < -0.3 is 24.7 Å². The van der Waals surface area contributed by atoms with Crippen molar-refractivity contribution in [3.05, 3.63) is 0 Å². The van der Waals surface area contributed by atoms with E-state index in [1.165, 1.54) is 0 Å². The van der Waals surface area contributed by atoms with Crippen molar-refractivity contribution in [2.75, 3.05) is 40.1 Å². The van der Waals surface area contributed by atoms with Gasteiger partial charge in [0.2, 0.25) is 0 Å². The van der Waals surface area contributed by atoms with Crippen LogP contribution in [-0.4, -0.2) is 46.6 Å². The van der Waals surface area contributed by atoms with E-state index in [0.717, 1.165) is 0 Å². The molecule has 80 valence electrons. The van der Waals surface area contributed by atoms with Gasteiger partial charge in [0.25, 0.3) is 6.48 Å². The van der Waals surface area contributed by atoms with Crippen molar-refractivity contribution in [2.45, 2.75) is 13.4 Å². The highest BCUT2D eigenvalue weighted by atomic mass is 16.8. The van der Waals surface area contributed by atoms with Crippen molar-refractivity contribution in [1.82, 2.24) is 0 Å². The Kier molecular flexibility index (Phi) is 9.73. The van der Waals surface area contributed by atoms with E-state index in [1.54, 1.807) is 7.11 Å². The molecule has 2 N–H and O–H groups in total. The molecule has 0 spiro atoms. The predicted molar refractivity (Wildman–Crippen MR) is 48.2 cm³/mol. The highest BCUT2D eigenvalue weighted by Crippen LogP contribution is 1.96. The third kappa shape index (κ3) is 8.14. The van der Waals surface area contributed by atoms with Gasteiger partial charge in [-0.2, -0.15) is 0 Å². The van der Waals surface area contributed by atoms with Gasteiger partial charge in [0.1, 0.15) is 0 Å². The van der Waals surface area contributed by atoms with Crippen LogP contribution in [0.3, 0.4) is 0 Å². The normalized spacial score (nSPS) is 13.2. The zero-order valence-electron chi connectivity index (χ0n) is 8.32. The summed E-state index contributed by atoms with van der Waals surface area (Å²) in [6.07, 6.45) is 0. The molecule has 0 aliphatic heterocycles. The average Bonchev–Trinajstić information content (AvgIpc) is 2.14. The number of methoxy groups -OCH3 is 1. The molecule has 0 saturated carbocycles. The molecule has 0 aromatic carbocycles. The maximum atomic E-state index is 5.27. The Bertz CT molecular complexity index is 102. The monoisotopic (exact) mass is 193 g/mol. The van der Waals surface area contributed by atoms with Crippen LogP contribution in [0.25, 0.3) is 0 Å². The first-order valence-electron chi connectivity index (χ1n) is 4.39. The van der Waals surface area contributed by atoms with Crippen molar-refractivity contribution in [2.24, 2.45) is 5.73 Å². The van der Waals surface area contributed by atoms with Crippen LogP contribution in [0.4, 0.5) is 0 Å². The zero-order valence-corrected chi connectivity index (χ0v) is 8.32.